The number of nitrogens with one attached hydrogen (secondary N) is 1. The van der Waals surface area contributed by atoms with Crippen LogP contribution in [0.4, 0.5) is 5.69 Å². The highest BCUT2D eigenvalue weighted by Crippen LogP contribution is 2.35. The number of likely N-dealkylation sites (tertiary alicyclic amines) is 1. The fourth-order valence-electron chi connectivity index (χ4n) is 4.72. The fourth-order valence-corrected chi connectivity index (χ4v) is 4.72. The molecule has 2 fully saturated rings. The van der Waals surface area contributed by atoms with Gasteiger partial charge in [-0.15, -0.1) is 0 Å². The summed E-state index contributed by atoms with van der Waals surface area (Å²) in [7, 11) is 1.90. The van der Waals surface area contributed by atoms with Crippen molar-refractivity contribution in [2.75, 3.05) is 38.2 Å². The highest BCUT2D eigenvalue weighted by atomic mass is 16.5. The van der Waals surface area contributed by atoms with Gasteiger partial charge in [-0.25, -0.2) is 0 Å². The van der Waals surface area contributed by atoms with Crippen LogP contribution in [0.25, 0.3) is 11.1 Å². The summed E-state index contributed by atoms with van der Waals surface area (Å²) in [5.74, 6) is 1.73. The largest absolute Gasteiger partial charge is 0.491 e. The van der Waals surface area contributed by atoms with Gasteiger partial charge in [-0.2, -0.15) is 5.10 Å². The van der Waals surface area contributed by atoms with Gasteiger partial charge in [0.25, 0.3) is 0 Å². The minimum Gasteiger partial charge on any atom is -0.491 e. The van der Waals surface area contributed by atoms with Crippen molar-refractivity contribution >= 4 is 11.6 Å². The molecular formula is C22H28N4O3. The van der Waals surface area contributed by atoms with E-state index in [0.717, 1.165) is 61.7 Å². The number of rotatable bonds is 2. The number of amides is 1. The summed E-state index contributed by atoms with van der Waals surface area (Å²) in [6.45, 7) is 4.46. The molecule has 1 amide bonds. The Kier molecular flexibility index (Phi) is 5.01. The van der Waals surface area contributed by atoms with Gasteiger partial charge in [-0.3, -0.25) is 14.4 Å². The number of aromatic nitrogens is 2. The lowest BCUT2D eigenvalue weighted by Gasteiger charge is -2.45. The number of carbonyl (C=O) groups is 1. The molecule has 5 rings (SSSR count). The molecule has 0 saturated carbocycles. The maximum atomic E-state index is 12.7. The maximum Gasteiger partial charge on any atom is 0.224 e. The van der Waals surface area contributed by atoms with Crippen LogP contribution in [0.3, 0.4) is 0 Å². The predicted molar refractivity (Wildman–Crippen MR) is 110 cm³/mol. The van der Waals surface area contributed by atoms with Crippen molar-refractivity contribution < 1.29 is 14.3 Å². The third-order valence-corrected chi connectivity index (χ3v) is 6.55. The van der Waals surface area contributed by atoms with E-state index in [1.165, 1.54) is 0 Å². The van der Waals surface area contributed by atoms with Crippen molar-refractivity contribution in [3.05, 3.63) is 30.6 Å². The number of fused-ring (bicyclic) bond motifs is 2. The van der Waals surface area contributed by atoms with Crippen molar-refractivity contribution in [3.8, 4) is 16.9 Å². The van der Waals surface area contributed by atoms with E-state index >= 15 is 0 Å². The summed E-state index contributed by atoms with van der Waals surface area (Å²) in [6.07, 6.45) is 6.45. The summed E-state index contributed by atoms with van der Waals surface area (Å²) in [6, 6.07) is 6.51. The first-order valence-corrected chi connectivity index (χ1v) is 10.5. The quantitative estimate of drug-likeness (QED) is 0.845. The molecule has 7 heteroatoms. The molecule has 0 unspecified atom stereocenters. The second kappa shape index (κ2) is 7.80. The Morgan fingerprint density at radius 1 is 1.17 bits per heavy atom. The van der Waals surface area contributed by atoms with Gasteiger partial charge in [0.15, 0.2) is 0 Å². The first kappa shape index (κ1) is 18.6. The number of hydrogen-bond acceptors (Lipinski definition) is 5. The van der Waals surface area contributed by atoms with Crippen LogP contribution in [0.2, 0.25) is 0 Å². The number of carbonyl (C=O) groups excluding carboxylic acids is 1. The van der Waals surface area contributed by atoms with Crippen LogP contribution in [0, 0.1) is 11.8 Å². The summed E-state index contributed by atoms with van der Waals surface area (Å²) >= 11 is 0. The van der Waals surface area contributed by atoms with Crippen LogP contribution in [-0.2, 0) is 16.6 Å². The Morgan fingerprint density at radius 2 is 2.07 bits per heavy atom. The molecule has 0 bridgehead atoms. The molecule has 3 aliphatic heterocycles. The molecule has 4 heterocycles. The molecular weight excluding hydrogens is 368 g/mol. The van der Waals surface area contributed by atoms with E-state index in [9.17, 15) is 4.79 Å². The number of aryl methyl sites for hydroxylation is 1. The Hall–Kier alpha value is -2.38. The summed E-state index contributed by atoms with van der Waals surface area (Å²) < 4.78 is 13.3. The first-order chi connectivity index (χ1) is 14.2. The first-order valence-electron chi connectivity index (χ1n) is 10.5. The minimum atomic E-state index is 0.0845. The SMILES string of the molecule is Cn1cc(-c2ccc3c(c2)OCC[C@H]2CN(C4COC4)CC[C@H]2CC(=O)N3)cn1. The zero-order valence-electron chi connectivity index (χ0n) is 16.8. The number of ether oxygens (including phenoxy) is 2. The molecule has 0 spiro atoms. The molecule has 2 saturated heterocycles. The van der Waals surface area contributed by atoms with Crippen LogP contribution >= 0.6 is 0 Å². The fraction of sp³-hybridized carbons (Fsp3) is 0.545. The Bertz CT molecular complexity index is 892. The maximum absolute atomic E-state index is 12.7. The van der Waals surface area contributed by atoms with Gasteiger partial charge >= 0.3 is 0 Å². The van der Waals surface area contributed by atoms with Crippen LogP contribution in [-0.4, -0.2) is 59.5 Å². The van der Waals surface area contributed by atoms with Crippen molar-refractivity contribution in [2.24, 2.45) is 18.9 Å². The summed E-state index contributed by atoms with van der Waals surface area (Å²) in [5.41, 5.74) is 2.83. The molecule has 1 N–H and O–H groups in total. The minimum absolute atomic E-state index is 0.0845. The molecule has 0 radical (unpaired) electrons. The number of hydrogen-bond donors (Lipinski definition) is 1. The average molecular weight is 396 g/mol. The average Bonchev–Trinajstić information content (AvgIpc) is 3.09. The molecule has 2 atom stereocenters. The van der Waals surface area contributed by atoms with Gasteiger partial charge in [0.2, 0.25) is 5.91 Å². The van der Waals surface area contributed by atoms with Gasteiger partial charge in [-0.1, -0.05) is 6.07 Å². The second-order valence-electron chi connectivity index (χ2n) is 8.50. The van der Waals surface area contributed by atoms with Crippen molar-refractivity contribution in [3.63, 3.8) is 0 Å². The van der Waals surface area contributed by atoms with Crippen molar-refractivity contribution in [1.29, 1.82) is 0 Å². The monoisotopic (exact) mass is 396 g/mol. The molecule has 0 aliphatic carbocycles. The van der Waals surface area contributed by atoms with E-state index in [0.29, 0.717) is 30.9 Å². The van der Waals surface area contributed by atoms with E-state index in [1.54, 1.807) is 4.68 Å². The van der Waals surface area contributed by atoms with Crippen molar-refractivity contribution in [1.82, 2.24) is 14.7 Å². The molecule has 154 valence electrons. The van der Waals surface area contributed by atoms with E-state index in [2.05, 4.69) is 15.3 Å². The molecule has 2 aromatic rings. The molecule has 1 aromatic carbocycles. The van der Waals surface area contributed by atoms with E-state index in [4.69, 9.17) is 9.47 Å². The van der Waals surface area contributed by atoms with E-state index in [1.807, 2.05) is 37.6 Å². The van der Waals surface area contributed by atoms with Crippen LogP contribution in [0.5, 0.6) is 5.75 Å². The van der Waals surface area contributed by atoms with Gasteiger partial charge in [0, 0.05) is 31.8 Å². The topological polar surface area (TPSA) is 68.6 Å². The number of nitrogens with zero attached hydrogens (tertiary/aromatic N) is 3. The highest BCUT2D eigenvalue weighted by molar-refractivity contribution is 5.93. The van der Waals surface area contributed by atoms with Crippen LogP contribution < -0.4 is 10.1 Å². The number of anilines is 1. The zero-order chi connectivity index (χ0) is 19.8. The Labute approximate surface area is 171 Å². The lowest BCUT2D eigenvalue weighted by molar-refractivity contribution is -0.119. The smallest absolute Gasteiger partial charge is 0.224 e. The summed E-state index contributed by atoms with van der Waals surface area (Å²) in [4.78, 5) is 15.3. The standard InChI is InChI=1S/C22H28N4O3/c1-25-11-18(10-23-25)15-2-3-20-21(8-15)29-7-5-17-12-26(19-13-28-14-19)6-4-16(17)9-22(27)24-20/h2-3,8,10-11,16-17,19H,4-7,9,12-14H2,1H3,(H,24,27)/t16-,17-/m0/s1. The second-order valence-corrected chi connectivity index (χ2v) is 8.50. The van der Waals surface area contributed by atoms with E-state index < -0.39 is 0 Å². The normalized spacial score (nSPS) is 25.9. The van der Waals surface area contributed by atoms with Gasteiger partial charge in [0.05, 0.1) is 37.7 Å². The Balaban J connectivity index is 1.34. The van der Waals surface area contributed by atoms with Gasteiger partial charge in [-0.05, 0) is 48.9 Å². The molecule has 29 heavy (non-hydrogen) atoms. The lowest BCUT2D eigenvalue weighted by atomic mass is 9.80. The lowest BCUT2D eigenvalue weighted by Crippen LogP contribution is -2.54. The van der Waals surface area contributed by atoms with Gasteiger partial charge < -0.3 is 14.8 Å². The number of benzene rings is 1. The predicted octanol–water partition coefficient (Wildman–Crippen LogP) is 2.54. The zero-order valence-corrected chi connectivity index (χ0v) is 16.8. The van der Waals surface area contributed by atoms with Crippen LogP contribution in [0.15, 0.2) is 30.6 Å². The molecule has 1 aromatic heterocycles. The van der Waals surface area contributed by atoms with Gasteiger partial charge in [0.1, 0.15) is 5.75 Å². The Morgan fingerprint density at radius 3 is 2.83 bits per heavy atom. The summed E-state index contributed by atoms with van der Waals surface area (Å²) in [5, 5.41) is 7.33. The van der Waals surface area contributed by atoms with Crippen LogP contribution in [0.1, 0.15) is 19.3 Å². The highest BCUT2D eigenvalue weighted by Gasteiger charge is 2.36. The third kappa shape index (κ3) is 3.89. The number of piperidine rings is 1. The van der Waals surface area contributed by atoms with Crippen molar-refractivity contribution in [2.45, 2.75) is 25.3 Å². The molecule has 7 nitrogen and oxygen atoms in total. The third-order valence-electron chi connectivity index (χ3n) is 6.55. The molecule has 3 aliphatic rings. The van der Waals surface area contributed by atoms with E-state index in [-0.39, 0.29) is 5.91 Å².